The van der Waals surface area contributed by atoms with Gasteiger partial charge in [0, 0.05) is 19.3 Å². The summed E-state index contributed by atoms with van der Waals surface area (Å²) in [5.41, 5.74) is 1.49. The first-order chi connectivity index (χ1) is 9.77. The van der Waals surface area contributed by atoms with E-state index in [0.717, 1.165) is 29.9 Å². The lowest BCUT2D eigenvalue weighted by Gasteiger charge is -2.20. The van der Waals surface area contributed by atoms with E-state index in [1.54, 1.807) is 12.5 Å². The van der Waals surface area contributed by atoms with E-state index >= 15 is 0 Å². The van der Waals surface area contributed by atoms with Crippen LogP contribution in [0.1, 0.15) is 18.9 Å². The van der Waals surface area contributed by atoms with Crippen LogP contribution in [0.25, 0.3) is 11.0 Å². The van der Waals surface area contributed by atoms with Crippen LogP contribution in [-0.4, -0.2) is 28.0 Å². The molecule has 1 N–H and O–H groups in total. The Balaban J connectivity index is 1.79. The smallest absolute Gasteiger partial charge is 0.144 e. The van der Waals surface area contributed by atoms with Gasteiger partial charge in [-0.1, -0.05) is 5.92 Å². The zero-order chi connectivity index (χ0) is 13.7. The molecule has 0 spiro atoms. The van der Waals surface area contributed by atoms with E-state index in [2.05, 4.69) is 37.8 Å². The SMILES string of the molecule is CC#CC12CC1CN(c1ncnc3[nH]cc(C#N)c13)C2. The number of hydrogen-bond acceptors (Lipinski definition) is 4. The van der Waals surface area contributed by atoms with Crippen molar-refractivity contribution in [3.63, 3.8) is 0 Å². The van der Waals surface area contributed by atoms with Gasteiger partial charge in [-0.3, -0.25) is 0 Å². The van der Waals surface area contributed by atoms with Crippen LogP contribution in [-0.2, 0) is 0 Å². The second-order valence-corrected chi connectivity index (χ2v) is 5.55. The lowest BCUT2D eigenvalue weighted by molar-refractivity contribution is 0.703. The zero-order valence-corrected chi connectivity index (χ0v) is 11.1. The Morgan fingerprint density at radius 1 is 1.50 bits per heavy atom. The first-order valence-electron chi connectivity index (χ1n) is 6.68. The van der Waals surface area contributed by atoms with E-state index in [4.69, 9.17) is 0 Å². The van der Waals surface area contributed by atoms with Crippen molar-refractivity contribution >= 4 is 16.9 Å². The molecule has 0 amide bonds. The van der Waals surface area contributed by atoms with Crippen molar-refractivity contribution < 1.29 is 0 Å². The zero-order valence-electron chi connectivity index (χ0n) is 11.1. The normalized spacial score (nSPS) is 26.8. The second kappa shape index (κ2) is 3.74. The van der Waals surface area contributed by atoms with Crippen molar-refractivity contribution in [1.29, 1.82) is 5.26 Å². The first-order valence-corrected chi connectivity index (χ1v) is 6.68. The summed E-state index contributed by atoms with van der Waals surface area (Å²) < 4.78 is 0. The van der Waals surface area contributed by atoms with Gasteiger partial charge in [0.25, 0.3) is 0 Å². The molecule has 1 aliphatic heterocycles. The Morgan fingerprint density at radius 2 is 2.40 bits per heavy atom. The summed E-state index contributed by atoms with van der Waals surface area (Å²) in [7, 11) is 0. The van der Waals surface area contributed by atoms with Crippen molar-refractivity contribution in [3.05, 3.63) is 18.1 Å². The minimum atomic E-state index is 0.162. The molecule has 2 atom stereocenters. The largest absolute Gasteiger partial charge is 0.354 e. The Bertz CT molecular complexity index is 803. The highest BCUT2D eigenvalue weighted by atomic mass is 15.2. The Hall–Kier alpha value is -2.53. The molecule has 2 aromatic rings. The van der Waals surface area contributed by atoms with Crippen molar-refractivity contribution in [1.82, 2.24) is 15.0 Å². The topological polar surface area (TPSA) is 68.6 Å². The van der Waals surface area contributed by atoms with Crippen LogP contribution in [0.3, 0.4) is 0 Å². The van der Waals surface area contributed by atoms with Crippen molar-refractivity contribution in [3.8, 4) is 17.9 Å². The van der Waals surface area contributed by atoms with Crippen LogP contribution < -0.4 is 4.90 Å². The van der Waals surface area contributed by atoms with E-state index in [9.17, 15) is 5.26 Å². The van der Waals surface area contributed by atoms with E-state index in [1.807, 2.05) is 6.92 Å². The van der Waals surface area contributed by atoms with Crippen molar-refractivity contribution in [2.45, 2.75) is 13.3 Å². The lowest BCUT2D eigenvalue weighted by Crippen LogP contribution is -2.25. The van der Waals surface area contributed by atoms with Crippen LogP contribution in [0, 0.1) is 34.5 Å². The van der Waals surface area contributed by atoms with Gasteiger partial charge in [-0.25, -0.2) is 9.97 Å². The molecule has 0 aromatic carbocycles. The van der Waals surface area contributed by atoms with E-state index in [0.29, 0.717) is 11.5 Å². The number of fused-ring (bicyclic) bond motifs is 2. The number of hydrogen-bond donors (Lipinski definition) is 1. The van der Waals surface area contributed by atoms with E-state index in [1.165, 1.54) is 6.42 Å². The van der Waals surface area contributed by atoms with Crippen LogP contribution in [0.15, 0.2) is 12.5 Å². The fourth-order valence-electron chi connectivity index (χ4n) is 3.36. The molecule has 1 aliphatic carbocycles. The fourth-order valence-corrected chi connectivity index (χ4v) is 3.36. The number of nitrogens with one attached hydrogen (secondary N) is 1. The summed E-state index contributed by atoms with van der Waals surface area (Å²) in [4.78, 5) is 13.9. The van der Waals surface area contributed by atoms with Crippen LogP contribution in [0.2, 0.25) is 0 Å². The molecule has 98 valence electrons. The molecule has 0 bridgehead atoms. The van der Waals surface area contributed by atoms with Crippen LogP contribution >= 0.6 is 0 Å². The lowest BCUT2D eigenvalue weighted by atomic mass is 10.1. The fraction of sp³-hybridized carbons (Fsp3) is 0.400. The molecule has 20 heavy (non-hydrogen) atoms. The molecule has 2 aliphatic rings. The summed E-state index contributed by atoms with van der Waals surface area (Å²) in [5.74, 6) is 7.91. The molecule has 0 radical (unpaired) electrons. The van der Waals surface area contributed by atoms with E-state index < -0.39 is 0 Å². The third-order valence-electron chi connectivity index (χ3n) is 4.39. The van der Waals surface area contributed by atoms with Crippen LogP contribution in [0.4, 0.5) is 5.82 Å². The number of nitriles is 1. The van der Waals surface area contributed by atoms with Gasteiger partial charge in [-0.05, 0) is 19.3 Å². The summed E-state index contributed by atoms with van der Waals surface area (Å²) >= 11 is 0. The predicted octanol–water partition coefficient (Wildman–Crippen LogP) is 1.68. The molecule has 4 rings (SSSR count). The molecule has 5 heteroatoms. The van der Waals surface area contributed by atoms with Crippen molar-refractivity contribution in [2.75, 3.05) is 18.0 Å². The van der Waals surface area contributed by atoms with Gasteiger partial charge in [-0.15, -0.1) is 5.92 Å². The summed E-state index contributed by atoms with van der Waals surface area (Å²) in [6, 6.07) is 2.21. The number of H-pyrrole nitrogens is 1. The summed E-state index contributed by atoms with van der Waals surface area (Å²) in [5, 5.41) is 10.1. The third-order valence-corrected chi connectivity index (χ3v) is 4.39. The van der Waals surface area contributed by atoms with Crippen molar-refractivity contribution in [2.24, 2.45) is 11.3 Å². The standard InChI is InChI=1S/C15H13N5/c1-2-3-15-4-11(15)7-20(8-15)14-12-10(5-16)6-17-13(12)18-9-19-14/h6,9,11H,4,7-8H2,1H3,(H,17,18,19). The molecule has 3 heterocycles. The number of nitrogens with zero attached hydrogens (tertiary/aromatic N) is 4. The highest BCUT2D eigenvalue weighted by molar-refractivity contribution is 5.93. The molecule has 1 saturated heterocycles. The molecule has 2 aromatic heterocycles. The van der Waals surface area contributed by atoms with Gasteiger partial charge in [0.2, 0.25) is 0 Å². The molecular formula is C15H13N5. The molecular weight excluding hydrogens is 250 g/mol. The van der Waals surface area contributed by atoms with Crippen LogP contribution in [0.5, 0.6) is 0 Å². The molecule has 1 saturated carbocycles. The number of anilines is 1. The predicted molar refractivity (Wildman–Crippen MR) is 74.8 cm³/mol. The van der Waals surface area contributed by atoms with Gasteiger partial charge in [-0.2, -0.15) is 5.26 Å². The van der Waals surface area contributed by atoms with Gasteiger partial charge < -0.3 is 9.88 Å². The highest BCUT2D eigenvalue weighted by Gasteiger charge is 2.59. The number of aromatic nitrogens is 3. The maximum Gasteiger partial charge on any atom is 0.144 e. The quantitative estimate of drug-likeness (QED) is 0.795. The molecule has 2 fully saturated rings. The number of piperidine rings is 1. The van der Waals surface area contributed by atoms with Gasteiger partial charge in [0.1, 0.15) is 23.9 Å². The van der Waals surface area contributed by atoms with Gasteiger partial charge in [0.15, 0.2) is 0 Å². The maximum atomic E-state index is 9.22. The highest BCUT2D eigenvalue weighted by Crippen LogP contribution is 2.58. The summed E-state index contributed by atoms with van der Waals surface area (Å²) in [6.07, 6.45) is 4.44. The number of rotatable bonds is 1. The van der Waals surface area contributed by atoms with E-state index in [-0.39, 0.29) is 5.41 Å². The molecule has 5 nitrogen and oxygen atoms in total. The third kappa shape index (κ3) is 1.38. The monoisotopic (exact) mass is 263 g/mol. The van der Waals surface area contributed by atoms with Gasteiger partial charge in [0.05, 0.1) is 16.4 Å². The molecule has 2 unspecified atom stereocenters. The Labute approximate surface area is 116 Å². The second-order valence-electron chi connectivity index (χ2n) is 5.55. The summed E-state index contributed by atoms with van der Waals surface area (Å²) in [6.45, 7) is 3.77. The van der Waals surface area contributed by atoms with Gasteiger partial charge >= 0.3 is 0 Å². The Kier molecular flexibility index (Phi) is 2.11. The average molecular weight is 263 g/mol. The first kappa shape index (κ1) is 11.3. The minimum Gasteiger partial charge on any atom is -0.354 e. The minimum absolute atomic E-state index is 0.162. The Morgan fingerprint density at radius 3 is 3.20 bits per heavy atom. The number of aromatic amines is 1. The maximum absolute atomic E-state index is 9.22. The average Bonchev–Trinajstić information content (AvgIpc) is 2.86.